The lowest BCUT2D eigenvalue weighted by Gasteiger charge is -2.24. The monoisotopic (exact) mass is 158 g/mol. The van der Waals surface area contributed by atoms with Gasteiger partial charge < -0.3 is 10.2 Å². The predicted molar refractivity (Wildman–Crippen MR) is 50.9 cm³/mol. The van der Waals surface area contributed by atoms with Gasteiger partial charge in [-0.1, -0.05) is 0 Å². The molecule has 11 heavy (non-hydrogen) atoms. The first-order valence-electron chi connectivity index (χ1n) is 4.64. The second-order valence-corrected chi connectivity index (χ2v) is 3.83. The summed E-state index contributed by atoms with van der Waals surface area (Å²) in [7, 11) is 2.20. The van der Waals surface area contributed by atoms with Crippen molar-refractivity contribution >= 4 is 0 Å². The molecule has 1 N–H and O–H groups in total. The van der Waals surface area contributed by atoms with Gasteiger partial charge in [-0.25, -0.2) is 0 Å². The Morgan fingerprint density at radius 2 is 2.36 bits per heavy atom. The van der Waals surface area contributed by atoms with E-state index in [1.807, 2.05) is 0 Å². The summed E-state index contributed by atoms with van der Waals surface area (Å²) in [6, 6.07) is 1.43. The number of likely N-dealkylation sites (N-methyl/N-ethyl adjacent to an activating group) is 1. The van der Waals surface area contributed by atoms with E-state index in [1.54, 1.807) is 0 Å². The molecule has 1 aliphatic rings. The van der Waals surface area contributed by atoms with E-state index in [0.717, 1.165) is 6.04 Å². The highest BCUT2D eigenvalue weighted by molar-refractivity contribution is 4.77. The summed E-state index contributed by atoms with van der Waals surface area (Å²) in [5.74, 6) is 0. The highest BCUT2D eigenvalue weighted by Crippen LogP contribution is 2.07. The van der Waals surface area contributed by atoms with Crippen molar-refractivity contribution in [1.82, 2.24) is 10.2 Å². The van der Waals surface area contributed by atoms with Crippen molar-refractivity contribution in [2.75, 3.05) is 20.1 Å². The van der Waals surface area contributed by atoms with Crippen molar-refractivity contribution in [1.29, 1.82) is 0 Å². The van der Waals surface area contributed by atoms with Crippen LogP contribution < -0.4 is 5.32 Å². The summed E-state index contributed by atoms with van der Waals surface area (Å²) in [6.45, 7) is 6.91. The fourth-order valence-corrected chi connectivity index (χ4v) is 1.47. The fourth-order valence-electron chi connectivity index (χ4n) is 1.47. The van der Waals surface area contributed by atoms with Crippen LogP contribution >= 0.6 is 0 Å². The van der Waals surface area contributed by atoms with E-state index in [9.17, 15) is 0 Å². The lowest BCUT2D eigenvalue weighted by molar-refractivity contribution is 0.249. The van der Waals surface area contributed by atoms with Gasteiger partial charge in [0.05, 0.1) is 0 Å². The molecule has 0 aliphatic carbocycles. The third kappa shape index (κ3) is 2.80. The van der Waals surface area contributed by atoms with Crippen LogP contribution in [0.25, 0.3) is 0 Å². The molecule has 1 rings (SSSR count). The van der Waals surface area contributed by atoms with E-state index in [4.69, 9.17) is 0 Å². The molecule has 0 aromatic rings. The molecular weight excluding hydrogens is 136 g/mol. The average Bonchev–Trinajstić information content (AvgIpc) is 2.39. The second kappa shape index (κ2) is 4.07. The summed E-state index contributed by atoms with van der Waals surface area (Å²) >= 11 is 0. The Morgan fingerprint density at radius 1 is 1.64 bits per heavy atom. The SMILES string of the molecule is CC(C)N(C)CC1CCCN1.[HH]. The Balaban J connectivity index is 0.00000121. The van der Waals surface area contributed by atoms with Crippen LogP contribution in [0.5, 0.6) is 0 Å². The van der Waals surface area contributed by atoms with Crippen LogP contribution in [0, 0.1) is 0 Å². The Bertz CT molecular complexity index is 111. The average molecular weight is 158 g/mol. The molecule has 0 aromatic carbocycles. The van der Waals surface area contributed by atoms with Crippen molar-refractivity contribution in [3.63, 3.8) is 0 Å². The third-order valence-electron chi connectivity index (χ3n) is 2.55. The number of hydrogen-bond donors (Lipinski definition) is 1. The molecule has 1 unspecified atom stereocenters. The summed E-state index contributed by atoms with van der Waals surface area (Å²) in [5, 5.41) is 3.50. The van der Waals surface area contributed by atoms with E-state index in [2.05, 4.69) is 31.1 Å². The highest BCUT2D eigenvalue weighted by Gasteiger charge is 2.16. The van der Waals surface area contributed by atoms with Crippen LogP contribution in [0.1, 0.15) is 28.1 Å². The normalized spacial score (nSPS) is 25.4. The van der Waals surface area contributed by atoms with Gasteiger partial charge in [0, 0.05) is 20.1 Å². The molecule has 1 atom stereocenters. The Kier molecular flexibility index (Phi) is 3.34. The molecule has 0 bridgehead atoms. The molecule has 0 amide bonds. The smallest absolute Gasteiger partial charge is 0.0195 e. The van der Waals surface area contributed by atoms with Crippen LogP contribution in [-0.2, 0) is 0 Å². The molecule has 1 heterocycles. The van der Waals surface area contributed by atoms with E-state index < -0.39 is 0 Å². The van der Waals surface area contributed by atoms with Gasteiger partial charge in [-0.2, -0.15) is 0 Å². The lowest BCUT2D eigenvalue weighted by atomic mass is 10.2. The maximum atomic E-state index is 3.50. The minimum Gasteiger partial charge on any atom is -0.313 e. The molecule has 0 spiro atoms. The van der Waals surface area contributed by atoms with Gasteiger partial charge in [0.25, 0.3) is 0 Å². The van der Waals surface area contributed by atoms with Gasteiger partial charge in [-0.05, 0) is 40.3 Å². The molecular formula is C9H22N2. The van der Waals surface area contributed by atoms with Crippen molar-refractivity contribution in [3.05, 3.63) is 0 Å². The Hall–Kier alpha value is -0.0800. The van der Waals surface area contributed by atoms with Gasteiger partial charge in [0.15, 0.2) is 0 Å². The van der Waals surface area contributed by atoms with Gasteiger partial charge >= 0.3 is 0 Å². The molecule has 2 heteroatoms. The number of nitrogens with one attached hydrogen (secondary N) is 1. The van der Waals surface area contributed by atoms with Crippen molar-refractivity contribution in [3.8, 4) is 0 Å². The van der Waals surface area contributed by atoms with Crippen LogP contribution in [0.3, 0.4) is 0 Å². The van der Waals surface area contributed by atoms with Gasteiger partial charge in [-0.15, -0.1) is 0 Å². The molecule has 68 valence electrons. The molecule has 0 saturated carbocycles. The Labute approximate surface area is 71.4 Å². The quantitative estimate of drug-likeness (QED) is 0.666. The van der Waals surface area contributed by atoms with Gasteiger partial charge in [0.2, 0.25) is 0 Å². The van der Waals surface area contributed by atoms with Crippen molar-refractivity contribution < 1.29 is 1.43 Å². The second-order valence-electron chi connectivity index (χ2n) is 3.83. The highest BCUT2D eigenvalue weighted by atomic mass is 15.1. The first-order valence-corrected chi connectivity index (χ1v) is 4.64. The summed E-state index contributed by atoms with van der Waals surface area (Å²) in [4.78, 5) is 2.41. The number of rotatable bonds is 3. The van der Waals surface area contributed by atoms with Crippen LogP contribution in [0.4, 0.5) is 0 Å². The largest absolute Gasteiger partial charge is 0.313 e. The molecule has 0 aromatic heterocycles. The van der Waals surface area contributed by atoms with Gasteiger partial charge in [-0.3, -0.25) is 0 Å². The minimum absolute atomic E-state index is 0. The topological polar surface area (TPSA) is 15.3 Å². The molecule has 0 radical (unpaired) electrons. The van der Waals surface area contributed by atoms with Crippen LogP contribution in [0.2, 0.25) is 0 Å². The molecule has 1 saturated heterocycles. The van der Waals surface area contributed by atoms with E-state index >= 15 is 0 Å². The standard InChI is InChI=1S/C9H20N2.H2/c1-8(2)11(3)7-9-5-4-6-10-9;/h8-10H,4-7H2,1-3H3;1H. The molecule has 1 fully saturated rings. The Morgan fingerprint density at radius 3 is 2.82 bits per heavy atom. The zero-order valence-corrected chi connectivity index (χ0v) is 7.93. The summed E-state index contributed by atoms with van der Waals surface area (Å²) < 4.78 is 0. The van der Waals surface area contributed by atoms with Crippen LogP contribution in [-0.4, -0.2) is 37.1 Å². The minimum atomic E-state index is 0. The molecule has 1 aliphatic heterocycles. The van der Waals surface area contributed by atoms with Crippen molar-refractivity contribution in [2.24, 2.45) is 0 Å². The number of hydrogen-bond acceptors (Lipinski definition) is 2. The first-order chi connectivity index (χ1) is 5.20. The van der Waals surface area contributed by atoms with Crippen LogP contribution in [0.15, 0.2) is 0 Å². The zero-order chi connectivity index (χ0) is 8.27. The van der Waals surface area contributed by atoms with E-state index in [1.165, 1.54) is 25.9 Å². The molecule has 2 nitrogen and oxygen atoms in total. The predicted octanol–water partition coefficient (Wildman–Crippen LogP) is 1.32. The lowest BCUT2D eigenvalue weighted by Crippen LogP contribution is -2.38. The van der Waals surface area contributed by atoms with Gasteiger partial charge in [0.1, 0.15) is 0 Å². The maximum absolute atomic E-state index is 3.50. The van der Waals surface area contributed by atoms with E-state index in [-0.39, 0.29) is 1.43 Å². The fraction of sp³-hybridized carbons (Fsp3) is 1.00. The maximum Gasteiger partial charge on any atom is 0.0195 e. The summed E-state index contributed by atoms with van der Waals surface area (Å²) in [5.41, 5.74) is 0. The van der Waals surface area contributed by atoms with E-state index in [0.29, 0.717) is 6.04 Å². The third-order valence-corrected chi connectivity index (χ3v) is 2.55. The first kappa shape index (κ1) is 9.01. The van der Waals surface area contributed by atoms with Crippen molar-refractivity contribution in [2.45, 2.75) is 38.8 Å². The zero-order valence-electron chi connectivity index (χ0n) is 7.93. The number of nitrogens with zero attached hydrogens (tertiary/aromatic N) is 1. The summed E-state index contributed by atoms with van der Waals surface area (Å²) in [6.07, 6.45) is 2.72.